The van der Waals surface area contributed by atoms with Crippen LogP contribution in [-0.2, 0) is 11.3 Å². The molecule has 9 heteroatoms. The minimum absolute atomic E-state index is 0.0838. The molecule has 25 heavy (non-hydrogen) atoms. The van der Waals surface area contributed by atoms with Crippen molar-refractivity contribution >= 4 is 17.6 Å². The SMILES string of the molecule is O=C(O)[C@@H]1CN(Cc2coc(-c3cccc(Cl)c3)n2)C[C@H]1C(F)(F)F. The van der Waals surface area contributed by atoms with E-state index < -0.39 is 24.0 Å². The lowest BCUT2D eigenvalue weighted by Crippen LogP contribution is -2.33. The second kappa shape index (κ2) is 6.68. The minimum atomic E-state index is -4.55. The van der Waals surface area contributed by atoms with E-state index in [-0.39, 0.29) is 19.6 Å². The molecule has 1 aromatic heterocycles. The third kappa shape index (κ3) is 3.96. The van der Waals surface area contributed by atoms with Crippen LogP contribution in [-0.4, -0.2) is 40.2 Å². The predicted octanol–water partition coefficient (Wildman–Crippen LogP) is 3.69. The summed E-state index contributed by atoms with van der Waals surface area (Å²) < 4.78 is 44.4. The van der Waals surface area contributed by atoms with E-state index in [0.717, 1.165) is 0 Å². The number of oxazole rings is 1. The van der Waals surface area contributed by atoms with Crippen molar-refractivity contribution < 1.29 is 27.5 Å². The average molecular weight is 375 g/mol. The van der Waals surface area contributed by atoms with Gasteiger partial charge in [0.05, 0.1) is 17.5 Å². The van der Waals surface area contributed by atoms with Gasteiger partial charge >= 0.3 is 12.1 Å². The van der Waals surface area contributed by atoms with Crippen LogP contribution in [0.25, 0.3) is 11.5 Å². The summed E-state index contributed by atoms with van der Waals surface area (Å²) in [6, 6.07) is 6.83. The van der Waals surface area contributed by atoms with Crippen LogP contribution in [0.1, 0.15) is 5.69 Å². The number of hydrogen-bond acceptors (Lipinski definition) is 4. The van der Waals surface area contributed by atoms with E-state index in [4.69, 9.17) is 21.1 Å². The van der Waals surface area contributed by atoms with Crippen LogP contribution in [0, 0.1) is 11.8 Å². The molecule has 0 spiro atoms. The topological polar surface area (TPSA) is 66.6 Å². The second-order valence-electron chi connectivity index (χ2n) is 5.94. The maximum Gasteiger partial charge on any atom is 0.393 e. The Kier molecular flexibility index (Phi) is 4.75. The molecule has 0 bridgehead atoms. The van der Waals surface area contributed by atoms with Crippen molar-refractivity contribution in [3.8, 4) is 11.5 Å². The average Bonchev–Trinajstić information content (AvgIpc) is 3.14. The Morgan fingerprint density at radius 3 is 2.76 bits per heavy atom. The Labute approximate surface area is 146 Å². The molecule has 134 valence electrons. The standard InChI is InChI=1S/C16H14ClF3N2O3/c17-10-3-1-2-9(4-10)14-21-11(8-25-14)5-22-6-12(15(23)24)13(7-22)16(18,19)20/h1-4,8,12-13H,5-7H2,(H,23,24)/t12-,13-/m1/s1. The van der Waals surface area contributed by atoms with Crippen molar-refractivity contribution in [2.75, 3.05) is 13.1 Å². The molecule has 2 atom stereocenters. The third-order valence-corrected chi connectivity index (χ3v) is 4.38. The number of rotatable bonds is 4. The molecular formula is C16H14ClF3N2O3. The second-order valence-corrected chi connectivity index (χ2v) is 6.38. The molecule has 0 aliphatic carbocycles. The van der Waals surface area contributed by atoms with E-state index in [0.29, 0.717) is 22.2 Å². The fraction of sp³-hybridized carbons (Fsp3) is 0.375. The number of alkyl halides is 3. The summed E-state index contributed by atoms with van der Waals surface area (Å²) in [5, 5.41) is 9.54. The Morgan fingerprint density at radius 1 is 1.40 bits per heavy atom. The van der Waals surface area contributed by atoms with Gasteiger partial charge in [0.1, 0.15) is 6.26 Å². The third-order valence-electron chi connectivity index (χ3n) is 4.14. The number of aliphatic carboxylic acids is 1. The monoisotopic (exact) mass is 374 g/mol. The lowest BCUT2D eigenvalue weighted by atomic mass is 9.96. The number of benzene rings is 1. The van der Waals surface area contributed by atoms with Gasteiger partial charge < -0.3 is 9.52 Å². The van der Waals surface area contributed by atoms with Gasteiger partial charge in [0, 0.05) is 30.2 Å². The molecule has 3 rings (SSSR count). The fourth-order valence-corrected chi connectivity index (χ4v) is 3.15. The van der Waals surface area contributed by atoms with Crippen LogP contribution in [0.4, 0.5) is 13.2 Å². The molecule has 1 saturated heterocycles. The first-order valence-electron chi connectivity index (χ1n) is 7.46. The van der Waals surface area contributed by atoms with Crippen LogP contribution in [0.3, 0.4) is 0 Å². The zero-order valence-electron chi connectivity index (χ0n) is 12.8. The summed E-state index contributed by atoms with van der Waals surface area (Å²) in [5.41, 5.74) is 1.08. The quantitative estimate of drug-likeness (QED) is 0.884. The van der Waals surface area contributed by atoms with Crippen molar-refractivity contribution in [2.24, 2.45) is 11.8 Å². The molecule has 0 saturated carbocycles. The highest BCUT2D eigenvalue weighted by molar-refractivity contribution is 6.30. The smallest absolute Gasteiger partial charge is 0.393 e. The van der Waals surface area contributed by atoms with Crippen LogP contribution in [0.2, 0.25) is 5.02 Å². The summed E-state index contributed by atoms with van der Waals surface area (Å²) >= 11 is 5.90. The van der Waals surface area contributed by atoms with Crippen molar-refractivity contribution in [3.05, 3.63) is 41.2 Å². The first-order valence-corrected chi connectivity index (χ1v) is 7.84. The van der Waals surface area contributed by atoms with Crippen LogP contribution >= 0.6 is 11.6 Å². The summed E-state index contributed by atoms with van der Waals surface area (Å²) in [6.07, 6.45) is -3.19. The van der Waals surface area contributed by atoms with Gasteiger partial charge in [-0.05, 0) is 18.2 Å². The van der Waals surface area contributed by atoms with Gasteiger partial charge in [-0.15, -0.1) is 0 Å². The normalized spacial score (nSPS) is 21.6. The lowest BCUT2D eigenvalue weighted by Gasteiger charge is -2.18. The highest BCUT2D eigenvalue weighted by Gasteiger charge is 2.52. The number of nitrogens with zero attached hydrogens (tertiary/aromatic N) is 2. The van der Waals surface area contributed by atoms with E-state index in [1.165, 1.54) is 11.2 Å². The summed E-state index contributed by atoms with van der Waals surface area (Å²) in [5.74, 6) is -4.49. The van der Waals surface area contributed by atoms with E-state index in [1.807, 2.05) is 0 Å². The first-order chi connectivity index (χ1) is 11.7. The van der Waals surface area contributed by atoms with E-state index >= 15 is 0 Å². The predicted molar refractivity (Wildman–Crippen MR) is 82.9 cm³/mol. The zero-order chi connectivity index (χ0) is 18.2. The van der Waals surface area contributed by atoms with Gasteiger partial charge in [-0.2, -0.15) is 13.2 Å². The molecule has 1 aromatic carbocycles. The zero-order valence-corrected chi connectivity index (χ0v) is 13.6. The maximum atomic E-state index is 13.0. The Hall–Kier alpha value is -2.06. The molecule has 0 unspecified atom stereocenters. The number of carboxylic acids is 1. The van der Waals surface area contributed by atoms with Gasteiger partial charge in [-0.1, -0.05) is 17.7 Å². The first kappa shape index (κ1) is 17.8. The highest BCUT2D eigenvalue weighted by Crippen LogP contribution is 2.38. The highest BCUT2D eigenvalue weighted by atomic mass is 35.5. The largest absolute Gasteiger partial charge is 0.481 e. The lowest BCUT2D eigenvalue weighted by molar-refractivity contribution is -0.188. The Morgan fingerprint density at radius 2 is 2.16 bits per heavy atom. The molecule has 1 aliphatic heterocycles. The van der Waals surface area contributed by atoms with E-state index in [9.17, 15) is 18.0 Å². The van der Waals surface area contributed by atoms with Crippen LogP contribution < -0.4 is 0 Å². The summed E-state index contributed by atoms with van der Waals surface area (Å²) in [4.78, 5) is 16.8. The number of aromatic nitrogens is 1. The molecule has 0 amide bonds. The van der Waals surface area contributed by atoms with Gasteiger partial charge in [0.2, 0.25) is 5.89 Å². The number of likely N-dealkylation sites (tertiary alicyclic amines) is 1. The Balaban J connectivity index is 1.72. The molecule has 0 radical (unpaired) electrons. The van der Waals surface area contributed by atoms with Gasteiger partial charge in [-0.3, -0.25) is 9.69 Å². The van der Waals surface area contributed by atoms with E-state index in [1.54, 1.807) is 24.3 Å². The molecular weight excluding hydrogens is 361 g/mol. The Bertz CT molecular complexity index is 778. The van der Waals surface area contributed by atoms with Crippen molar-refractivity contribution in [1.82, 2.24) is 9.88 Å². The van der Waals surface area contributed by atoms with Crippen LogP contribution in [0.15, 0.2) is 34.9 Å². The summed E-state index contributed by atoms with van der Waals surface area (Å²) in [7, 11) is 0. The molecule has 1 fully saturated rings. The van der Waals surface area contributed by atoms with Crippen molar-refractivity contribution in [3.63, 3.8) is 0 Å². The maximum absolute atomic E-state index is 13.0. The van der Waals surface area contributed by atoms with Crippen molar-refractivity contribution in [2.45, 2.75) is 12.7 Å². The van der Waals surface area contributed by atoms with E-state index in [2.05, 4.69) is 4.98 Å². The summed E-state index contributed by atoms with van der Waals surface area (Å²) in [6.45, 7) is -0.473. The number of carbonyl (C=O) groups is 1. The number of hydrogen-bond donors (Lipinski definition) is 1. The molecule has 1 N–H and O–H groups in total. The fourth-order valence-electron chi connectivity index (χ4n) is 2.96. The van der Waals surface area contributed by atoms with Gasteiger partial charge in [0.25, 0.3) is 0 Å². The van der Waals surface area contributed by atoms with Crippen molar-refractivity contribution in [1.29, 1.82) is 0 Å². The van der Waals surface area contributed by atoms with Gasteiger partial charge in [-0.25, -0.2) is 4.98 Å². The molecule has 2 heterocycles. The molecule has 1 aliphatic rings. The minimum Gasteiger partial charge on any atom is -0.481 e. The van der Waals surface area contributed by atoms with Crippen LogP contribution in [0.5, 0.6) is 0 Å². The molecule has 2 aromatic rings. The van der Waals surface area contributed by atoms with Gasteiger partial charge in [0.15, 0.2) is 0 Å². The number of halogens is 4. The number of carboxylic acid groups (broad SMARTS) is 1. The molecule has 5 nitrogen and oxygen atoms in total.